The molecule has 0 saturated carbocycles. The number of aryl methyl sites for hydroxylation is 2. The van der Waals surface area contributed by atoms with E-state index in [4.69, 9.17) is 18.9 Å². The zero-order valence-corrected chi connectivity index (χ0v) is 27.0. The van der Waals surface area contributed by atoms with Gasteiger partial charge in [-0.2, -0.15) is 0 Å². The van der Waals surface area contributed by atoms with E-state index in [0.717, 1.165) is 12.1 Å². The first-order valence-electron chi connectivity index (χ1n) is 15.6. The van der Waals surface area contributed by atoms with Gasteiger partial charge in [-0.3, -0.25) is 14.5 Å². The number of carboxylic acid groups (broad SMARTS) is 1. The molecule has 3 aromatic rings. The maximum atomic E-state index is 14.3. The number of nitrogens with one attached hydrogen (secondary N) is 1. The number of aliphatic carboxylic acids is 1. The van der Waals surface area contributed by atoms with Crippen LogP contribution in [-0.4, -0.2) is 81.0 Å². The molecule has 3 aromatic carbocycles. The maximum absolute atomic E-state index is 14.3. The Bertz CT molecular complexity index is 1540. The number of likely N-dealkylation sites (N-methyl/N-ethyl adjacent to an activating group) is 1. The van der Waals surface area contributed by atoms with Gasteiger partial charge in [-0.05, 0) is 85.6 Å². The van der Waals surface area contributed by atoms with Gasteiger partial charge in [-0.25, -0.2) is 4.39 Å². The van der Waals surface area contributed by atoms with Crippen molar-refractivity contribution >= 4 is 17.6 Å². The summed E-state index contributed by atoms with van der Waals surface area (Å²) in [5.41, 5.74) is 3.49. The number of nitrogens with zero attached hydrogens (tertiary/aromatic N) is 2. The van der Waals surface area contributed by atoms with Crippen LogP contribution in [0.2, 0.25) is 0 Å². The highest BCUT2D eigenvalue weighted by atomic mass is 19.1. The molecule has 10 nitrogen and oxygen atoms in total. The predicted octanol–water partition coefficient (Wildman–Crippen LogP) is 5.11. The lowest BCUT2D eigenvalue weighted by Gasteiger charge is -2.27. The molecule has 1 fully saturated rings. The van der Waals surface area contributed by atoms with Crippen LogP contribution in [0.3, 0.4) is 0 Å². The largest absolute Gasteiger partial charge is 0.493 e. The van der Waals surface area contributed by atoms with Crippen LogP contribution >= 0.6 is 0 Å². The summed E-state index contributed by atoms with van der Waals surface area (Å²) in [6, 6.07) is 13.2. The van der Waals surface area contributed by atoms with Crippen LogP contribution in [0.25, 0.3) is 0 Å². The Morgan fingerprint density at radius 1 is 1.04 bits per heavy atom. The second-order valence-electron chi connectivity index (χ2n) is 11.9. The van der Waals surface area contributed by atoms with Gasteiger partial charge < -0.3 is 34.3 Å². The van der Waals surface area contributed by atoms with E-state index in [2.05, 4.69) is 5.32 Å². The number of anilines is 1. The number of methoxy groups -OCH3 is 1. The molecule has 0 aromatic heterocycles. The summed E-state index contributed by atoms with van der Waals surface area (Å²) in [5, 5.41) is 13.7. The third-order valence-electron chi connectivity index (χ3n) is 8.66. The summed E-state index contributed by atoms with van der Waals surface area (Å²) in [4.78, 5) is 30.7. The molecule has 3 atom stereocenters. The van der Waals surface area contributed by atoms with E-state index in [0.29, 0.717) is 64.8 Å². The summed E-state index contributed by atoms with van der Waals surface area (Å²) in [6.07, 6.45) is 1.09. The average Bonchev–Trinajstić information content (AvgIpc) is 3.66. The molecule has 46 heavy (non-hydrogen) atoms. The minimum atomic E-state index is -0.985. The molecular weight excluding hydrogens is 593 g/mol. The predicted molar refractivity (Wildman–Crippen MR) is 172 cm³/mol. The van der Waals surface area contributed by atoms with Crippen LogP contribution in [0.4, 0.5) is 10.1 Å². The first-order valence-corrected chi connectivity index (χ1v) is 15.6. The normalized spacial score (nSPS) is 19.0. The lowest BCUT2D eigenvalue weighted by molar-refractivity contribution is -0.143. The van der Waals surface area contributed by atoms with Gasteiger partial charge >= 0.3 is 5.97 Å². The molecule has 11 heteroatoms. The number of carbonyl (C=O) groups is 2. The summed E-state index contributed by atoms with van der Waals surface area (Å²) in [7, 11) is 5.46. The molecule has 0 radical (unpaired) electrons. The Labute approximate surface area is 269 Å². The molecule has 0 bridgehead atoms. The van der Waals surface area contributed by atoms with Gasteiger partial charge in [0.2, 0.25) is 18.4 Å². The monoisotopic (exact) mass is 635 g/mol. The van der Waals surface area contributed by atoms with Crippen LogP contribution < -0.4 is 24.3 Å². The van der Waals surface area contributed by atoms with E-state index in [9.17, 15) is 19.1 Å². The number of carboxylic acids is 1. The number of carbonyl (C=O) groups excluding carboxylic acids is 1. The van der Waals surface area contributed by atoms with Crippen LogP contribution in [0.1, 0.15) is 48.1 Å². The number of benzene rings is 3. The highest BCUT2D eigenvalue weighted by Crippen LogP contribution is 2.50. The summed E-state index contributed by atoms with van der Waals surface area (Å²) >= 11 is 0. The Morgan fingerprint density at radius 3 is 2.35 bits per heavy atom. The fraction of sp³-hybridized carbons (Fsp3) is 0.429. The Balaban J connectivity index is 1.49. The van der Waals surface area contributed by atoms with Crippen molar-refractivity contribution in [2.24, 2.45) is 5.92 Å². The minimum absolute atomic E-state index is 0.0446. The first kappa shape index (κ1) is 33.0. The van der Waals surface area contributed by atoms with Gasteiger partial charge in [0.05, 0.1) is 19.6 Å². The van der Waals surface area contributed by atoms with E-state index in [1.807, 2.05) is 62.0 Å². The first-order chi connectivity index (χ1) is 22.1. The summed E-state index contributed by atoms with van der Waals surface area (Å²) in [6.45, 7) is 5.34. The molecule has 0 aliphatic carbocycles. The van der Waals surface area contributed by atoms with Crippen molar-refractivity contribution in [3.05, 3.63) is 76.6 Å². The molecule has 2 heterocycles. The number of fused-ring (bicyclic) bond motifs is 1. The molecule has 1 saturated heterocycles. The van der Waals surface area contributed by atoms with Crippen molar-refractivity contribution in [1.29, 1.82) is 0 Å². The van der Waals surface area contributed by atoms with Crippen molar-refractivity contribution in [3.8, 4) is 23.0 Å². The zero-order chi connectivity index (χ0) is 33.0. The van der Waals surface area contributed by atoms with Crippen molar-refractivity contribution in [3.63, 3.8) is 0 Å². The van der Waals surface area contributed by atoms with E-state index >= 15 is 0 Å². The molecule has 0 unspecified atom stereocenters. The summed E-state index contributed by atoms with van der Waals surface area (Å²) in [5.74, 6) is -0.943. The van der Waals surface area contributed by atoms with Gasteiger partial charge in [0.25, 0.3) is 0 Å². The van der Waals surface area contributed by atoms with E-state index in [1.165, 1.54) is 19.2 Å². The topological polar surface area (TPSA) is 110 Å². The molecule has 2 aliphatic heterocycles. The van der Waals surface area contributed by atoms with E-state index in [1.54, 1.807) is 12.1 Å². The number of hydrogen-bond acceptors (Lipinski definition) is 8. The van der Waals surface area contributed by atoms with Crippen molar-refractivity contribution in [1.82, 2.24) is 9.80 Å². The van der Waals surface area contributed by atoms with E-state index in [-0.39, 0.29) is 31.6 Å². The Kier molecular flexibility index (Phi) is 10.3. The van der Waals surface area contributed by atoms with E-state index < -0.39 is 23.8 Å². The van der Waals surface area contributed by atoms with Gasteiger partial charge in [0.15, 0.2) is 11.5 Å². The number of amides is 1. The Hall–Kier alpha value is -4.35. The number of halogens is 1. The zero-order valence-electron chi connectivity index (χ0n) is 27.0. The second-order valence-corrected chi connectivity index (χ2v) is 11.9. The van der Waals surface area contributed by atoms with Gasteiger partial charge in [0, 0.05) is 30.7 Å². The highest BCUT2D eigenvalue weighted by molar-refractivity contribution is 5.94. The molecule has 5 rings (SSSR count). The third kappa shape index (κ3) is 7.05. The molecule has 2 aliphatic rings. The van der Waals surface area contributed by atoms with Crippen molar-refractivity contribution in [2.45, 2.75) is 38.6 Å². The molecule has 246 valence electrons. The van der Waals surface area contributed by atoms with Crippen molar-refractivity contribution in [2.75, 3.05) is 59.6 Å². The standard InChI is InChI=1S/C35H42FN3O7/c1-6-21-14-25(36)15-22(7-2)32(21)37-30(40)19-39-18-27(24-16-28(43-5)34-29(17-24)45-20-46-34)31(35(41)42)33(39)23-8-10-26(11-9-23)44-13-12-38(3)4/h8-11,14-17,27,31,33H,6-7,12-13,18-20H2,1-5H3,(H,37,40)(H,41,42)/t27-,31-,33+/m1/s1. The third-order valence-corrected chi connectivity index (χ3v) is 8.66. The van der Waals surface area contributed by atoms with Crippen LogP contribution in [0.5, 0.6) is 23.0 Å². The quantitative estimate of drug-likeness (QED) is 0.265. The number of ether oxygens (including phenoxy) is 4. The molecule has 1 amide bonds. The van der Waals surface area contributed by atoms with Gasteiger partial charge in [-0.15, -0.1) is 0 Å². The fourth-order valence-corrected chi connectivity index (χ4v) is 6.41. The molecular formula is C35H42FN3O7. The fourth-order valence-electron chi connectivity index (χ4n) is 6.41. The molecule has 2 N–H and O–H groups in total. The number of hydrogen-bond donors (Lipinski definition) is 2. The lowest BCUT2D eigenvalue weighted by Crippen LogP contribution is -2.35. The smallest absolute Gasteiger partial charge is 0.309 e. The second kappa shape index (κ2) is 14.4. The van der Waals surface area contributed by atoms with Gasteiger partial charge in [0.1, 0.15) is 18.2 Å². The molecule has 0 spiro atoms. The minimum Gasteiger partial charge on any atom is -0.493 e. The lowest BCUT2D eigenvalue weighted by atomic mass is 9.82. The average molecular weight is 636 g/mol. The SMILES string of the molecule is CCc1cc(F)cc(CC)c1NC(=O)CN1C[C@H](c2cc(OC)c3c(c2)OCO3)[C@@H](C(=O)O)[C@@H]1c1ccc(OCCN(C)C)cc1. The van der Waals surface area contributed by atoms with Gasteiger partial charge in [-0.1, -0.05) is 26.0 Å². The van der Waals surface area contributed by atoms with Crippen molar-refractivity contribution < 1.29 is 38.0 Å². The number of likely N-dealkylation sites (tertiary alicyclic amines) is 1. The summed E-state index contributed by atoms with van der Waals surface area (Å²) < 4.78 is 36.9. The maximum Gasteiger partial charge on any atom is 0.309 e. The Morgan fingerprint density at radius 2 is 1.74 bits per heavy atom. The number of rotatable bonds is 13. The van der Waals surface area contributed by atoms with Crippen LogP contribution in [0, 0.1) is 11.7 Å². The highest BCUT2D eigenvalue weighted by Gasteiger charge is 2.48. The van der Waals surface area contributed by atoms with Crippen LogP contribution in [0.15, 0.2) is 48.5 Å². The van der Waals surface area contributed by atoms with Crippen LogP contribution in [-0.2, 0) is 22.4 Å².